The third-order valence-electron chi connectivity index (χ3n) is 6.65. The van der Waals surface area contributed by atoms with E-state index in [9.17, 15) is 9.90 Å². The van der Waals surface area contributed by atoms with Gasteiger partial charge in [-0.3, -0.25) is 4.79 Å². The van der Waals surface area contributed by atoms with Gasteiger partial charge in [0.05, 0.1) is 6.10 Å². The van der Waals surface area contributed by atoms with Gasteiger partial charge in [0.2, 0.25) is 6.41 Å². The lowest BCUT2D eigenvalue weighted by atomic mass is 9.91. The Hall–Kier alpha value is -1.26. The molecule has 0 radical (unpaired) electrons. The molecule has 28 heavy (non-hydrogen) atoms. The first-order valence-electron chi connectivity index (χ1n) is 11.0. The first-order valence-corrected chi connectivity index (χ1v) is 11.4. The van der Waals surface area contributed by atoms with Gasteiger partial charge in [-0.25, -0.2) is 0 Å². The van der Waals surface area contributed by atoms with Crippen molar-refractivity contribution in [2.24, 2.45) is 5.92 Å². The van der Waals surface area contributed by atoms with E-state index in [-0.39, 0.29) is 6.10 Å². The summed E-state index contributed by atoms with van der Waals surface area (Å²) in [5.41, 5.74) is 2.47. The summed E-state index contributed by atoms with van der Waals surface area (Å²) in [6.07, 6.45) is 10.4. The number of halogens is 1. The first kappa shape index (κ1) is 21.4. The van der Waals surface area contributed by atoms with Gasteiger partial charge < -0.3 is 14.9 Å². The molecule has 1 unspecified atom stereocenters. The highest BCUT2D eigenvalue weighted by atomic mass is 35.5. The molecule has 2 aliphatic rings. The van der Waals surface area contributed by atoms with E-state index in [2.05, 4.69) is 17.9 Å². The quantitative estimate of drug-likeness (QED) is 0.498. The fourth-order valence-corrected chi connectivity index (χ4v) is 5.07. The molecule has 1 amide bonds. The average Bonchev–Trinajstić information content (AvgIpc) is 2.71. The van der Waals surface area contributed by atoms with Crippen molar-refractivity contribution < 1.29 is 9.90 Å². The fraction of sp³-hybridized carbons (Fsp3) is 0.696. The molecule has 3 rings (SSSR count). The molecule has 1 N–H and O–H groups in total. The maximum Gasteiger partial charge on any atom is 0.209 e. The van der Waals surface area contributed by atoms with Crippen LogP contribution in [0.4, 0.5) is 5.69 Å². The number of aliphatic hydroxyl groups is 1. The summed E-state index contributed by atoms with van der Waals surface area (Å²) in [4.78, 5) is 16.0. The van der Waals surface area contributed by atoms with Crippen molar-refractivity contribution in [3.63, 3.8) is 0 Å². The zero-order chi connectivity index (χ0) is 19.9. The lowest BCUT2D eigenvalue weighted by molar-refractivity contribution is -0.121. The number of benzene rings is 1. The van der Waals surface area contributed by atoms with Crippen molar-refractivity contribution in [1.82, 2.24) is 4.90 Å². The van der Waals surface area contributed by atoms with Gasteiger partial charge in [0.1, 0.15) is 0 Å². The molecular formula is C23H35ClN2O2. The van der Waals surface area contributed by atoms with Gasteiger partial charge >= 0.3 is 0 Å². The minimum absolute atomic E-state index is 0.165. The number of carbonyl (C=O) groups excluding carboxylic acids is 1. The van der Waals surface area contributed by atoms with Crippen molar-refractivity contribution in [1.29, 1.82) is 0 Å². The second kappa shape index (κ2) is 10.5. The summed E-state index contributed by atoms with van der Waals surface area (Å²) in [5, 5.41) is 10.5. The number of anilines is 1. The molecule has 2 fully saturated rings. The highest BCUT2D eigenvalue weighted by Gasteiger charge is 2.24. The summed E-state index contributed by atoms with van der Waals surface area (Å²) < 4.78 is 0. The van der Waals surface area contributed by atoms with Crippen LogP contribution in [0.3, 0.4) is 0 Å². The standard InChI is InChI=1S/C23H35ClN2O2/c1-18-22(24)8-4-9-23(18)25-15-5-7-19(16-25)6-2-3-14-26(17-27)20-10-12-21(28)13-11-20/h4,8-9,17,19-21,28H,2-3,5-7,10-16H2,1H3. The Morgan fingerprint density at radius 1 is 1.21 bits per heavy atom. The maximum atomic E-state index is 11.5. The Bertz CT molecular complexity index is 631. The van der Waals surface area contributed by atoms with E-state index in [0.717, 1.165) is 69.1 Å². The third-order valence-corrected chi connectivity index (χ3v) is 7.06. The highest BCUT2D eigenvalue weighted by Crippen LogP contribution is 2.31. The maximum absolute atomic E-state index is 11.5. The van der Waals surface area contributed by atoms with E-state index in [1.165, 1.54) is 36.9 Å². The Morgan fingerprint density at radius 2 is 2.00 bits per heavy atom. The first-order chi connectivity index (χ1) is 13.6. The number of unbranched alkanes of at least 4 members (excludes halogenated alkanes) is 1. The molecule has 1 aliphatic carbocycles. The minimum Gasteiger partial charge on any atom is -0.393 e. The van der Waals surface area contributed by atoms with Gasteiger partial charge in [-0.1, -0.05) is 24.1 Å². The number of nitrogens with zero attached hydrogens (tertiary/aromatic N) is 2. The monoisotopic (exact) mass is 406 g/mol. The van der Waals surface area contributed by atoms with Crippen LogP contribution in [-0.2, 0) is 4.79 Å². The molecule has 5 heteroatoms. The molecule has 1 aliphatic heterocycles. The predicted octanol–water partition coefficient (Wildman–Crippen LogP) is 4.80. The van der Waals surface area contributed by atoms with Gasteiger partial charge in [0.15, 0.2) is 0 Å². The second-order valence-electron chi connectivity index (χ2n) is 8.64. The number of amides is 1. The molecule has 1 aromatic rings. The van der Waals surface area contributed by atoms with Crippen LogP contribution in [0.5, 0.6) is 0 Å². The molecule has 156 valence electrons. The molecular weight excluding hydrogens is 372 g/mol. The summed E-state index contributed by atoms with van der Waals surface area (Å²) in [6, 6.07) is 6.53. The summed E-state index contributed by atoms with van der Waals surface area (Å²) in [5.74, 6) is 0.724. The van der Waals surface area contributed by atoms with Crippen LogP contribution < -0.4 is 4.90 Å². The zero-order valence-electron chi connectivity index (χ0n) is 17.2. The Labute approximate surface area is 174 Å². The van der Waals surface area contributed by atoms with E-state index in [0.29, 0.717) is 6.04 Å². The number of piperidine rings is 1. The molecule has 0 spiro atoms. The lowest BCUT2D eigenvalue weighted by Gasteiger charge is -2.36. The summed E-state index contributed by atoms with van der Waals surface area (Å²) in [7, 11) is 0. The van der Waals surface area contributed by atoms with Crippen LogP contribution in [0.25, 0.3) is 0 Å². The van der Waals surface area contributed by atoms with Gasteiger partial charge in [-0.15, -0.1) is 0 Å². The lowest BCUT2D eigenvalue weighted by Crippen LogP contribution is -2.39. The molecule has 1 saturated carbocycles. The number of aliphatic hydroxyl groups excluding tert-OH is 1. The van der Waals surface area contributed by atoms with Crippen LogP contribution in [0.2, 0.25) is 5.02 Å². The molecule has 1 atom stereocenters. The number of hydrogen-bond acceptors (Lipinski definition) is 3. The van der Waals surface area contributed by atoms with Crippen molar-refractivity contribution in [3.8, 4) is 0 Å². The molecule has 0 aromatic heterocycles. The Balaban J connectivity index is 1.42. The summed E-state index contributed by atoms with van der Waals surface area (Å²) >= 11 is 6.31. The SMILES string of the molecule is Cc1c(Cl)cccc1N1CCCC(CCCCN(C=O)C2CCC(O)CC2)C1. The van der Waals surface area contributed by atoms with Crippen molar-refractivity contribution in [3.05, 3.63) is 28.8 Å². The van der Waals surface area contributed by atoms with Gasteiger partial charge in [0.25, 0.3) is 0 Å². The van der Waals surface area contributed by atoms with Crippen molar-refractivity contribution in [2.75, 3.05) is 24.5 Å². The zero-order valence-corrected chi connectivity index (χ0v) is 17.9. The molecule has 4 nitrogen and oxygen atoms in total. The number of hydrogen-bond donors (Lipinski definition) is 1. The largest absolute Gasteiger partial charge is 0.393 e. The highest BCUT2D eigenvalue weighted by molar-refractivity contribution is 6.31. The van der Waals surface area contributed by atoms with Crippen molar-refractivity contribution >= 4 is 23.7 Å². The van der Waals surface area contributed by atoms with Crippen LogP contribution in [0.1, 0.15) is 63.4 Å². The second-order valence-corrected chi connectivity index (χ2v) is 9.05. The van der Waals surface area contributed by atoms with E-state index in [1.807, 2.05) is 17.0 Å². The van der Waals surface area contributed by atoms with E-state index < -0.39 is 0 Å². The van der Waals surface area contributed by atoms with Crippen LogP contribution >= 0.6 is 11.6 Å². The van der Waals surface area contributed by atoms with E-state index in [4.69, 9.17) is 11.6 Å². The molecule has 1 aromatic carbocycles. The van der Waals surface area contributed by atoms with E-state index in [1.54, 1.807) is 0 Å². The average molecular weight is 407 g/mol. The van der Waals surface area contributed by atoms with Gasteiger partial charge in [-0.05, 0) is 81.9 Å². The normalized spacial score (nSPS) is 25.5. The van der Waals surface area contributed by atoms with Gasteiger partial charge in [-0.2, -0.15) is 0 Å². The van der Waals surface area contributed by atoms with Crippen LogP contribution in [-0.4, -0.2) is 48.2 Å². The fourth-order valence-electron chi connectivity index (χ4n) is 4.90. The Kier molecular flexibility index (Phi) is 8.04. The third kappa shape index (κ3) is 5.64. The Morgan fingerprint density at radius 3 is 2.75 bits per heavy atom. The van der Waals surface area contributed by atoms with Gasteiger partial charge in [0, 0.05) is 36.4 Å². The molecule has 1 saturated heterocycles. The summed E-state index contributed by atoms with van der Waals surface area (Å²) in [6.45, 7) is 5.19. The van der Waals surface area contributed by atoms with Crippen LogP contribution in [0, 0.1) is 12.8 Å². The molecule has 0 bridgehead atoms. The predicted molar refractivity (Wildman–Crippen MR) is 116 cm³/mol. The van der Waals surface area contributed by atoms with Crippen molar-refractivity contribution in [2.45, 2.75) is 76.9 Å². The minimum atomic E-state index is -0.165. The number of carbonyl (C=O) groups is 1. The van der Waals surface area contributed by atoms with Crippen LogP contribution in [0.15, 0.2) is 18.2 Å². The number of rotatable bonds is 8. The van der Waals surface area contributed by atoms with E-state index >= 15 is 0 Å². The smallest absolute Gasteiger partial charge is 0.209 e. The topological polar surface area (TPSA) is 43.8 Å². The molecule has 1 heterocycles.